The monoisotopic (exact) mass is 188 g/mol. The molecule has 0 aromatic rings. The number of hydrogen-bond donors (Lipinski definition) is 3. The van der Waals surface area contributed by atoms with E-state index in [1.165, 1.54) is 6.92 Å². The molecule has 5 nitrogen and oxygen atoms in total. The lowest BCUT2D eigenvalue weighted by atomic mass is 11.0. The second-order valence-corrected chi connectivity index (χ2v) is 6.75. The summed E-state index contributed by atoms with van der Waals surface area (Å²) in [5.74, 6) is -0.906. The van der Waals surface area contributed by atoms with Crippen LogP contribution in [0.1, 0.15) is 6.92 Å². The van der Waals surface area contributed by atoms with Gasteiger partial charge in [0.1, 0.15) is 5.90 Å². The van der Waals surface area contributed by atoms with Crippen LogP contribution < -0.4 is 0 Å². The van der Waals surface area contributed by atoms with Crippen molar-refractivity contribution >= 4 is 15.0 Å². The van der Waals surface area contributed by atoms with E-state index < -0.39 is 20.9 Å². The fourth-order valence-corrected chi connectivity index (χ4v) is 3.49. The van der Waals surface area contributed by atoms with Gasteiger partial charge in [0.25, 0.3) is 0 Å². The van der Waals surface area contributed by atoms with E-state index >= 15 is 0 Å². The predicted octanol–water partition coefficient (Wildman–Crippen LogP) is 0.412. The largest absolute Gasteiger partial charge is 0.344 e. The Morgan fingerprint density at radius 2 is 1.60 bits per heavy atom. The first-order valence-electron chi connectivity index (χ1n) is 2.62. The zero-order valence-corrected chi connectivity index (χ0v) is 7.26. The first-order valence-corrected chi connectivity index (χ1v) is 6.45. The molecule has 0 aliphatic heterocycles. The molecule has 1 unspecified atom stereocenters. The molecule has 0 spiro atoms. The minimum Gasteiger partial charge on any atom is -0.344 e. The first kappa shape index (κ1) is 10.3. The van der Waals surface area contributed by atoms with Crippen LogP contribution in [0.5, 0.6) is 0 Å². The molecule has 0 saturated carbocycles. The van der Waals surface area contributed by atoms with Crippen LogP contribution in [0.3, 0.4) is 0 Å². The lowest BCUT2D eigenvalue weighted by Crippen LogP contribution is -1.92. The highest BCUT2D eigenvalue weighted by molar-refractivity contribution is 7.72. The molecule has 7 heteroatoms. The van der Waals surface area contributed by atoms with Gasteiger partial charge in [-0.3, -0.25) is 9.13 Å². The summed E-state index contributed by atoms with van der Waals surface area (Å²) in [6.07, 6.45) is -0.0991. The van der Waals surface area contributed by atoms with Gasteiger partial charge in [-0.2, -0.15) is 0 Å². The normalized spacial score (nSPS) is 18.4. The van der Waals surface area contributed by atoms with Crippen LogP contribution in [0.2, 0.25) is 0 Å². The van der Waals surface area contributed by atoms with Gasteiger partial charge in [-0.15, -0.1) is 0 Å². The topological polar surface area (TPSA) is 94.8 Å². The lowest BCUT2D eigenvalue weighted by molar-refractivity contribution is 0.376. The van der Waals surface area contributed by atoms with E-state index in [1.54, 1.807) is 0 Å². The molecule has 0 aromatic heterocycles. The van der Waals surface area contributed by atoms with Crippen molar-refractivity contribution in [1.29, 1.82) is 0 Å². The lowest BCUT2D eigenvalue weighted by Gasteiger charge is -2.08. The van der Waals surface area contributed by atoms with E-state index in [4.69, 9.17) is 14.7 Å². The van der Waals surface area contributed by atoms with E-state index in [0.717, 1.165) is 0 Å². The molecule has 62 valence electrons. The molecular formula is C3H10O5P2. The van der Waals surface area contributed by atoms with Gasteiger partial charge in [0.2, 0.25) is 7.37 Å². The molecule has 0 aliphatic rings. The van der Waals surface area contributed by atoms with E-state index in [0.29, 0.717) is 0 Å². The van der Waals surface area contributed by atoms with Gasteiger partial charge < -0.3 is 14.7 Å². The third-order valence-electron chi connectivity index (χ3n) is 0.899. The minimum absolute atomic E-state index is 0.0991. The van der Waals surface area contributed by atoms with E-state index in [1.807, 2.05) is 0 Å². The highest BCUT2D eigenvalue weighted by Gasteiger charge is 2.27. The summed E-state index contributed by atoms with van der Waals surface area (Å²) in [6.45, 7) is 1.41. The van der Waals surface area contributed by atoms with Gasteiger partial charge in [-0.1, -0.05) is 6.92 Å². The quantitative estimate of drug-likeness (QED) is 0.557. The molecule has 0 heterocycles. The van der Waals surface area contributed by atoms with Crippen molar-refractivity contribution in [2.24, 2.45) is 0 Å². The molecule has 3 N–H and O–H groups in total. The van der Waals surface area contributed by atoms with Crippen molar-refractivity contribution in [3.63, 3.8) is 0 Å². The molecule has 10 heavy (non-hydrogen) atoms. The van der Waals surface area contributed by atoms with Crippen molar-refractivity contribution in [3.8, 4) is 0 Å². The van der Waals surface area contributed by atoms with Gasteiger partial charge in [0, 0.05) is 6.16 Å². The summed E-state index contributed by atoms with van der Waals surface area (Å²) < 4.78 is 20.8. The Morgan fingerprint density at radius 1 is 1.20 bits per heavy atom. The van der Waals surface area contributed by atoms with Gasteiger partial charge in [-0.25, -0.2) is 0 Å². The molecule has 0 amide bonds. The van der Waals surface area contributed by atoms with Gasteiger partial charge in [0.15, 0.2) is 0 Å². The predicted molar refractivity (Wildman–Crippen MR) is 37.3 cm³/mol. The fourth-order valence-electron chi connectivity index (χ4n) is 0.388. The smallest absolute Gasteiger partial charge is 0.335 e. The average molecular weight is 188 g/mol. The second-order valence-electron chi connectivity index (χ2n) is 1.97. The Morgan fingerprint density at radius 3 is 1.70 bits per heavy atom. The molecule has 0 fully saturated rings. The van der Waals surface area contributed by atoms with Crippen LogP contribution in [-0.4, -0.2) is 26.7 Å². The third-order valence-corrected chi connectivity index (χ3v) is 5.13. The molecule has 0 rings (SSSR count). The van der Waals surface area contributed by atoms with E-state index in [2.05, 4.69) is 0 Å². The minimum atomic E-state index is -4.32. The van der Waals surface area contributed by atoms with Gasteiger partial charge in [-0.05, 0) is 0 Å². The Bertz CT molecular complexity index is 193. The van der Waals surface area contributed by atoms with Gasteiger partial charge in [0.05, 0.1) is 0 Å². The Balaban J connectivity index is 4.17. The van der Waals surface area contributed by atoms with Crippen LogP contribution in [0.4, 0.5) is 0 Å². The average Bonchev–Trinajstić information content (AvgIpc) is 1.60. The number of hydrogen-bond acceptors (Lipinski definition) is 2. The molecule has 0 aromatic carbocycles. The summed E-state index contributed by atoms with van der Waals surface area (Å²) in [4.78, 5) is 25.2. The standard InChI is InChI=1S/C3H10O5P2/c1-2-9(4,5)3-10(6,7)8/h2-3H2,1H3,(H,4,5)(H2,6,7,8). The summed E-state index contributed by atoms with van der Waals surface area (Å²) in [7, 11) is -7.87. The number of rotatable bonds is 3. The van der Waals surface area contributed by atoms with Crippen molar-refractivity contribution in [1.82, 2.24) is 0 Å². The molecule has 0 aliphatic carbocycles. The molecular weight excluding hydrogens is 178 g/mol. The second kappa shape index (κ2) is 3.16. The molecule has 0 bridgehead atoms. The zero-order valence-electron chi connectivity index (χ0n) is 5.47. The van der Waals surface area contributed by atoms with Crippen molar-refractivity contribution in [3.05, 3.63) is 0 Å². The summed E-state index contributed by atoms with van der Waals surface area (Å²) in [5, 5.41) is 0. The Hall–Kier alpha value is 0.340. The Labute approximate surface area is 58.7 Å². The molecule has 0 saturated heterocycles. The molecule has 0 radical (unpaired) electrons. The fraction of sp³-hybridized carbons (Fsp3) is 1.00. The van der Waals surface area contributed by atoms with Crippen LogP contribution in [0, 0.1) is 0 Å². The zero-order chi connectivity index (χ0) is 8.41. The summed E-state index contributed by atoms with van der Waals surface area (Å²) in [6, 6.07) is 0. The third kappa shape index (κ3) is 5.15. The van der Waals surface area contributed by atoms with Crippen LogP contribution in [0.25, 0.3) is 0 Å². The van der Waals surface area contributed by atoms with Crippen molar-refractivity contribution in [2.75, 3.05) is 12.1 Å². The maximum atomic E-state index is 10.7. The highest BCUT2D eigenvalue weighted by atomic mass is 31.2. The molecule has 1 atom stereocenters. The van der Waals surface area contributed by atoms with E-state index in [-0.39, 0.29) is 6.16 Å². The Kier molecular flexibility index (Phi) is 3.27. The van der Waals surface area contributed by atoms with Gasteiger partial charge >= 0.3 is 7.60 Å². The summed E-state index contributed by atoms with van der Waals surface area (Å²) in [5.41, 5.74) is 0. The van der Waals surface area contributed by atoms with Crippen LogP contribution >= 0.6 is 15.0 Å². The van der Waals surface area contributed by atoms with Crippen molar-refractivity contribution < 1.29 is 23.8 Å². The SMILES string of the molecule is CCP(=O)(O)CP(=O)(O)O. The van der Waals surface area contributed by atoms with E-state index in [9.17, 15) is 9.13 Å². The first-order chi connectivity index (χ1) is 4.27. The van der Waals surface area contributed by atoms with Crippen LogP contribution in [0.15, 0.2) is 0 Å². The van der Waals surface area contributed by atoms with Crippen molar-refractivity contribution in [2.45, 2.75) is 6.92 Å². The maximum absolute atomic E-state index is 10.7. The summed E-state index contributed by atoms with van der Waals surface area (Å²) >= 11 is 0. The van der Waals surface area contributed by atoms with Crippen LogP contribution in [-0.2, 0) is 9.13 Å². The highest BCUT2D eigenvalue weighted by Crippen LogP contribution is 2.54. The maximum Gasteiger partial charge on any atom is 0.335 e.